The Kier molecular flexibility index (Phi) is 6.11. The van der Waals surface area contributed by atoms with E-state index in [0.29, 0.717) is 22.4 Å². The number of ether oxygens (including phenoxy) is 1. The second-order valence-corrected chi connectivity index (χ2v) is 9.30. The van der Waals surface area contributed by atoms with Crippen molar-refractivity contribution < 1.29 is 9.53 Å². The fourth-order valence-electron chi connectivity index (χ4n) is 3.72. The van der Waals surface area contributed by atoms with Gasteiger partial charge in [0.05, 0.1) is 15.9 Å². The molecule has 5 aromatic rings. The minimum atomic E-state index is -0.158. The molecule has 4 nitrogen and oxygen atoms in total. The Bertz CT molecular complexity index is 1390. The summed E-state index contributed by atoms with van der Waals surface area (Å²) in [6.07, 6.45) is 0. The molecule has 0 radical (unpaired) electrons. The molecular formula is C29H24N2O2S. The lowest BCUT2D eigenvalue weighted by molar-refractivity contribution is 0.0999. The highest BCUT2D eigenvalue weighted by molar-refractivity contribution is 7.22. The highest BCUT2D eigenvalue weighted by atomic mass is 32.1. The average molecular weight is 465 g/mol. The molecule has 5 rings (SSSR count). The number of carbonyl (C=O) groups excluding carboxylic acids is 1. The first kappa shape index (κ1) is 21.9. The van der Waals surface area contributed by atoms with Crippen LogP contribution in [0.2, 0.25) is 0 Å². The molecule has 0 unspecified atom stereocenters. The van der Waals surface area contributed by atoms with E-state index in [9.17, 15) is 4.79 Å². The molecule has 0 aliphatic heterocycles. The van der Waals surface area contributed by atoms with Gasteiger partial charge < -0.3 is 4.74 Å². The van der Waals surface area contributed by atoms with Crippen LogP contribution in [0.1, 0.15) is 35.7 Å². The van der Waals surface area contributed by atoms with Gasteiger partial charge in [0.1, 0.15) is 11.5 Å². The summed E-state index contributed by atoms with van der Waals surface area (Å²) < 4.78 is 7.00. The molecule has 168 valence electrons. The number of hydrogen-bond donors (Lipinski definition) is 0. The van der Waals surface area contributed by atoms with Crippen molar-refractivity contribution in [2.75, 3.05) is 4.90 Å². The topological polar surface area (TPSA) is 42.4 Å². The summed E-state index contributed by atoms with van der Waals surface area (Å²) >= 11 is 1.50. The first-order valence-corrected chi connectivity index (χ1v) is 12.0. The first-order chi connectivity index (χ1) is 16.6. The third-order valence-corrected chi connectivity index (χ3v) is 6.58. The summed E-state index contributed by atoms with van der Waals surface area (Å²) in [5.74, 6) is 1.58. The van der Waals surface area contributed by atoms with Crippen molar-refractivity contribution in [3.63, 3.8) is 0 Å². The van der Waals surface area contributed by atoms with E-state index in [0.717, 1.165) is 21.7 Å². The van der Waals surface area contributed by atoms with Crippen LogP contribution in [0.15, 0.2) is 103 Å². The largest absolute Gasteiger partial charge is 0.457 e. The Morgan fingerprint density at radius 3 is 2.26 bits per heavy atom. The summed E-state index contributed by atoms with van der Waals surface area (Å²) in [5.41, 5.74) is 3.41. The maximum absolute atomic E-state index is 13.9. The van der Waals surface area contributed by atoms with Gasteiger partial charge in [-0.1, -0.05) is 73.7 Å². The van der Waals surface area contributed by atoms with Gasteiger partial charge in [0.2, 0.25) is 0 Å². The predicted octanol–water partition coefficient (Wildman–Crippen LogP) is 8.19. The van der Waals surface area contributed by atoms with E-state index in [-0.39, 0.29) is 5.91 Å². The van der Waals surface area contributed by atoms with Crippen molar-refractivity contribution >= 4 is 38.3 Å². The van der Waals surface area contributed by atoms with Crippen LogP contribution >= 0.6 is 11.3 Å². The number of amides is 1. The number of carbonyl (C=O) groups is 1. The fraction of sp³-hybridized carbons (Fsp3) is 0.103. The van der Waals surface area contributed by atoms with E-state index in [1.165, 1.54) is 16.9 Å². The van der Waals surface area contributed by atoms with Gasteiger partial charge in [0.15, 0.2) is 5.13 Å². The van der Waals surface area contributed by atoms with Crippen LogP contribution in [0, 0.1) is 0 Å². The van der Waals surface area contributed by atoms with E-state index in [1.54, 1.807) is 11.0 Å². The Morgan fingerprint density at radius 1 is 0.824 bits per heavy atom. The first-order valence-electron chi connectivity index (χ1n) is 11.2. The molecule has 0 aliphatic carbocycles. The zero-order valence-electron chi connectivity index (χ0n) is 19.0. The van der Waals surface area contributed by atoms with E-state index in [1.807, 2.05) is 84.9 Å². The second kappa shape index (κ2) is 9.49. The summed E-state index contributed by atoms with van der Waals surface area (Å²) in [7, 11) is 0. The van der Waals surface area contributed by atoms with Crippen molar-refractivity contribution in [2.45, 2.75) is 19.8 Å². The zero-order valence-corrected chi connectivity index (χ0v) is 19.8. The lowest BCUT2D eigenvalue weighted by Crippen LogP contribution is -2.25. The Labute approximate surface area is 203 Å². The Balaban J connectivity index is 1.54. The molecule has 0 fully saturated rings. The second-order valence-electron chi connectivity index (χ2n) is 8.29. The Hall–Kier alpha value is -3.96. The number of nitrogens with zero attached hydrogens (tertiary/aromatic N) is 2. The molecule has 1 heterocycles. The predicted molar refractivity (Wildman–Crippen MR) is 140 cm³/mol. The van der Waals surface area contributed by atoms with Crippen molar-refractivity contribution in [3.8, 4) is 11.5 Å². The summed E-state index contributed by atoms with van der Waals surface area (Å²) in [6.45, 7) is 4.31. The SMILES string of the molecule is CC(C)c1ccc(N(C(=O)c2cccc(Oc3ccccc3)c2)c2nc3ccccc3s2)cc1. The van der Waals surface area contributed by atoms with Gasteiger partial charge in [0, 0.05) is 5.56 Å². The van der Waals surface area contributed by atoms with Crippen molar-refractivity contribution in [2.24, 2.45) is 0 Å². The van der Waals surface area contributed by atoms with Gasteiger partial charge in [-0.3, -0.25) is 9.69 Å². The molecule has 5 heteroatoms. The van der Waals surface area contributed by atoms with E-state index in [4.69, 9.17) is 9.72 Å². The molecule has 0 atom stereocenters. The maximum atomic E-state index is 13.9. The van der Waals surface area contributed by atoms with Crippen LogP contribution in [0.3, 0.4) is 0 Å². The standard InChI is InChI=1S/C29H24N2O2S/c1-20(2)21-15-17-23(18-16-21)31(29-30-26-13-6-7-14-27(26)34-29)28(32)22-9-8-12-25(19-22)33-24-10-4-3-5-11-24/h3-20H,1-2H3. The molecule has 1 amide bonds. The summed E-state index contributed by atoms with van der Waals surface area (Å²) in [4.78, 5) is 20.4. The minimum Gasteiger partial charge on any atom is -0.457 e. The molecule has 0 saturated heterocycles. The lowest BCUT2D eigenvalue weighted by Gasteiger charge is -2.21. The van der Waals surface area contributed by atoms with Crippen LogP contribution in [0.5, 0.6) is 11.5 Å². The maximum Gasteiger partial charge on any atom is 0.264 e. The monoisotopic (exact) mass is 464 g/mol. The number of rotatable bonds is 6. The number of anilines is 2. The van der Waals surface area contributed by atoms with Crippen LogP contribution in [0.4, 0.5) is 10.8 Å². The van der Waals surface area contributed by atoms with Crippen LogP contribution < -0.4 is 9.64 Å². The number of aromatic nitrogens is 1. The molecule has 1 aromatic heterocycles. The third kappa shape index (κ3) is 4.56. The van der Waals surface area contributed by atoms with E-state index >= 15 is 0 Å². The van der Waals surface area contributed by atoms with Gasteiger partial charge >= 0.3 is 0 Å². The van der Waals surface area contributed by atoms with E-state index < -0.39 is 0 Å². The molecular weight excluding hydrogens is 440 g/mol. The summed E-state index contributed by atoms with van der Waals surface area (Å²) in [5, 5.41) is 0.637. The molecule has 0 aliphatic rings. The molecule has 0 N–H and O–H groups in total. The minimum absolute atomic E-state index is 0.158. The average Bonchev–Trinajstić information content (AvgIpc) is 3.29. The molecule has 4 aromatic carbocycles. The van der Waals surface area contributed by atoms with E-state index in [2.05, 4.69) is 26.0 Å². The molecule has 0 bridgehead atoms. The van der Waals surface area contributed by atoms with Gasteiger partial charge in [-0.05, 0) is 66.1 Å². The van der Waals surface area contributed by atoms with Gasteiger partial charge in [-0.25, -0.2) is 4.98 Å². The quantitative estimate of drug-likeness (QED) is 0.254. The van der Waals surface area contributed by atoms with Crippen LogP contribution in [-0.4, -0.2) is 10.9 Å². The van der Waals surface area contributed by atoms with Crippen molar-refractivity contribution in [1.82, 2.24) is 4.98 Å². The van der Waals surface area contributed by atoms with Gasteiger partial charge in [-0.2, -0.15) is 0 Å². The summed E-state index contributed by atoms with van der Waals surface area (Å²) in [6, 6.07) is 32.9. The third-order valence-electron chi connectivity index (χ3n) is 5.55. The molecule has 34 heavy (non-hydrogen) atoms. The number of para-hydroxylation sites is 2. The number of thiazole rings is 1. The highest BCUT2D eigenvalue weighted by Crippen LogP contribution is 2.35. The number of hydrogen-bond acceptors (Lipinski definition) is 4. The highest BCUT2D eigenvalue weighted by Gasteiger charge is 2.24. The number of fused-ring (bicyclic) bond motifs is 1. The fourth-order valence-corrected chi connectivity index (χ4v) is 4.71. The smallest absolute Gasteiger partial charge is 0.264 e. The van der Waals surface area contributed by atoms with Crippen LogP contribution in [-0.2, 0) is 0 Å². The van der Waals surface area contributed by atoms with Gasteiger partial charge in [-0.15, -0.1) is 0 Å². The van der Waals surface area contributed by atoms with Crippen molar-refractivity contribution in [1.29, 1.82) is 0 Å². The molecule has 0 spiro atoms. The molecule has 0 saturated carbocycles. The van der Waals surface area contributed by atoms with Crippen LogP contribution in [0.25, 0.3) is 10.2 Å². The van der Waals surface area contributed by atoms with Gasteiger partial charge in [0.25, 0.3) is 5.91 Å². The Morgan fingerprint density at radius 2 is 1.53 bits per heavy atom. The lowest BCUT2D eigenvalue weighted by atomic mass is 10.0. The number of benzene rings is 4. The zero-order chi connectivity index (χ0) is 23.5. The normalized spacial score (nSPS) is 11.0. The van der Waals surface area contributed by atoms with Crippen molar-refractivity contribution in [3.05, 3.63) is 114 Å².